The van der Waals surface area contributed by atoms with E-state index >= 15 is 0 Å². The van der Waals surface area contributed by atoms with Gasteiger partial charge in [-0.15, -0.1) is 9.60 Å². The van der Waals surface area contributed by atoms with Crippen molar-refractivity contribution in [3.05, 3.63) is 0 Å². The fraction of sp³-hybridized carbons (Fsp3) is 1.00. The molecule has 2 heteroatoms. The summed E-state index contributed by atoms with van der Waals surface area (Å²) in [6.07, 6.45) is 4.21. The molecule has 0 amide bonds. The van der Waals surface area contributed by atoms with Gasteiger partial charge in [-0.3, -0.25) is 0 Å². The average Bonchev–Trinajstić information content (AvgIpc) is 1.89. The van der Waals surface area contributed by atoms with Crippen molar-refractivity contribution >= 4 is 0 Å². The summed E-state index contributed by atoms with van der Waals surface area (Å²) in [5.41, 5.74) is 0. The van der Waals surface area contributed by atoms with Crippen molar-refractivity contribution in [1.29, 1.82) is 0 Å². The Hall–Kier alpha value is -0.110. The molecule has 0 saturated heterocycles. The summed E-state index contributed by atoms with van der Waals surface area (Å²) in [4.78, 5) is 0. The normalized spacial score (nSPS) is 10.8. The van der Waals surface area contributed by atoms with E-state index in [9.17, 15) is 4.48 Å². The van der Waals surface area contributed by atoms with Crippen molar-refractivity contribution in [2.75, 3.05) is 13.1 Å². The molecule has 0 aliphatic rings. The molecule has 0 aromatic carbocycles. The van der Waals surface area contributed by atoms with Crippen LogP contribution >= 0.6 is 0 Å². The molecule has 0 bridgehead atoms. The van der Waals surface area contributed by atoms with E-state index in [-0.39, 0.29) is 0 Å². The molecule has 0 atom stereocenters. The zero-order valence-corrected chi connectivity index (χ0v) is 7.07. The highest BCUT2D eigenvalue weighted by molar-refractivity contribution is 4.44. The van der Waals surface area contributed by atoms with E-state index in [0.717, 1.165) is 24.4 Å². The smallest absolute Gasteiger partial charge is 0.0290 e. The van der Waals surface area contributed by atoms with Crippen LogP contribution in [-0.2, 0) is 0 Å². The number of hydrogen-bond donors (Lipinski definition) is 0. The lowest BCUT2D eigenvalue weighted by molar-refractivity contribution is 0.0239. The van der Waals surface area contributed by atoms with E-state index in [1.165, 1.54) is 6.42 Å². The van der Waals surface area contributed by atoms with Crippen LogP contribution in [0.5, 0.6) is 0 Å². The Labute approximate surface area is 63.2 Å². The van der Waals surface area contributed by atoms with Gasteiger partial charge in [0, 0.05) is 13.1 Å². The molecule has 0 saturated carbocycles. The van der Waals surface area contributed by atoms with Crippen LogP contribution < -0.4 is 0 Å². The van der Waals surface area contributed by atoms with E-state index < -0.39 is 0 Å². The summed E-state index contributed by atoms with van der Waals surface area (Å²) in [5.74, 6) is 0. The fourth-order valence-electron chi connectivity index (χ4n) is 0.888. The third-order valence-electron chi connectivity index (χ3n) is 1.47. The second-order valence-electron chi connectivity index (χ2n) is 2.62. The molecule has 0 spiro atoms. The van der Waals surface area contributed by atoms with Gasteiger partial charge in [0.1, 0.15) is 0 Å². The van der Waals surface area contributed by atoms with Gasteiger partial charge >= 0.3 is 0 Å². The Morgan fingerprint density at radius 3 is 2.20 bits per heavy atom. The van der Waals surface area contributed by atoms with Crippen molar-refractivity contribution in [2.24, 2.45) is 0 Å². The second kappa shape index (κ2) is 7.00. The van der Waals surface area contributed by atoms with Crippen molar-refractivity contribution in [3.63, 3.8) is 0 Å². The van der Waals surface area contributed by atoms with Crippen LogP contribution in [0, 0.1) is 0 Å². The molecule has 62 valence electrons. The van der Waals surface area contributed by atoms with E-state index in [0.29, 0.717) is 13.1 Å². The quantitative estimate of drug-likeness (QED) is 0.412. The fourth-order valence-corrected chi connectivity index (χ4v) is 0.888. The SMILES string of the molecule is CCCCCN(F)CCC. The molecular formula is C8H18FN. The van der Waals surface area contributed by atoms with E-state index in [1.807, 2.05) is 6.92 Å². The number of unbranched alkanes of at least 4 members (excludes halogenated alkanes) is 2. The zero-order valence-electron chi connectivity index (χ0n) is 7.07. The molecule has 0 N–H and O–H groups in total. The first kappa shape index (κ1) is 9.89. The summed E-state index contributed by atoms with van der Waals surface area (Å²) in [5, 5.41) is 0.912. The average molecular weight is 147 g/mol. The third-order valence-corrected chi connectivity index (χ3v) is 1.47. The minimum absolute atomic E-state index is 0.587. The van der Waals surface area contributed by atoms with Crippen LogP contribution in [0.3, 0.4) is 0 Å². The number of halogens is 1. The summed E-state index contributed by atoms with van der Waals surface area (Å²) in [6, 6.07) is 0. The van der Waals surface area contributed by atoms with Crippen molar-refractivity contribution < 1.29 is 4.48 Å². The Bertz CT molecular complexity index is 66.3. The molecule has 0 aliphatic carbocycles. The van der Waals surface area contributed by atoms with Gasteiger partial charge in [-0.05, 0) is 12.8 Å². The van der Waals surface area contributed by atoms with Crippen LogP contribution in [0.4, 0.5) is 4.48 Å². The Morgan fingerprint density at radius 2 is 1.70 bits per heavy atom. The predicted molar refractivity (Wildman–Crippen MR) is 42.5 cm³/mol. The second-order valence-corrected chi connectivity index (χ2v) is 2.62. The molecule has 0 unspecified atom stereocenters. The number of rotatable bonds is 6. The molecule has 0 aliphatic heterocycles. The number of nitrogens with zero attached hydrogens (tertiary/aromatic N) is 1. The summed E-state index contributed by atoms with van der Waals surface area (Å²) >= 11 is 0. The van der Waals surface area contributed by atoms with Gasteiger partial charge in [0.05, 0.1) is 0 Å². The largest absolute Gasteiger partial charge is 0.146 e. The lowest BCUT2D eigenvalue weighted by atomic mass is 10.2. The highest BCUT2D eigenvalue weighted by atomic mass is 19.2. The molecule has 0 fully saturated rings. The van der Waals surface area contributed by atoms with Crippen LogP contribution in [0.1, 0.15) is 39.5 Å². The Kier molecular flexibility index (Phi) is 6.93. The maximum atomic E-state index is 12.6. The first-order valence-electron chi connectivity index (χ1n) is 4.22. The molecule has 0 radical (unpaired) electrons. The zero-order chi connectivity index (χ0) is 7.82. The minimum atomic E-state index is 0.587. The highest BCUT2D eigenvalue weighted by Crippen LogP contribution is 1.98. The van der Waals surface area contributed by atoms with E-state index in [2.05, 4.69) is 6.92 Å². The first-order chi connectivity index (χ1) is 4.81. The van der Waals surface area contributed by atoms with Gasteiger partial charge < -0.3 is 0 Å². The lowest BCUT2D eigenvalue weighted by Gasteiger charge is -2.08. The predicted octanol–water partition coefficient (Wildman–Crippen LogP) is 2.77. The summed E-state index contributed by atoms with van der Waals surface area (Å²) < 4.78 is 12.6. The monoisotopic (exact) mass is 147 g/mol. The molecule has 1 nitrogen and oxygen atoms in total. The van der Waals surface area contributed by atoms with Crippen molar-refractivity contribution in [1.82, 2.24) is 5.12 Å². The van der Waals surface area contributed by atoms with Crippen LogP contribution in [0.15, 0.2) is 0 Å². The maximum absolute atomic E-state index is 12.6. The van der Waals surface area contributed by atoms with Gasteiger partial charge in [-0.2, -0.15) is 0 Å². The number of hydrogen-bond acceptors (Lipinski definition) is 1. The standard InChI is InChI=1S/C8H18FN/c1-3-5-6-8-10(9)7-4-2/h3-8H2,1-2H3. The first-order valence-corrected chi connectivity index (χ1v) is 4.22. The highest BCUT2D eigenvalue weighted by Gasteiger charge is 1.98. The molecule has 0 aromatic rings. The van der Waals surface area contributed by atoms with Crippen LogP contribution in [0.2, 0.25) is 0 Å². The van der Waals surface area contributed by atoms with Gasteiger partial charge in [-0.25, -0.2) is 0 Å². The van der Waals surface area contributed by atoms with E-state index in [4.69, 9.17) is 0 Å². The lowest BCUT2D eigenvalue weighted by Crippen LogP contribution is -2.15. The van der Waals surface area contributed by atoms with Crippen molar-refractivity contribution in [3.8, 4) is 0 Å². The molecule has 10 heavy (non-hydrogen) atoms. The summed E-state index contributed by atoms with van der Waals surface area (Å²) in [6.45, 7) is 5.32. The Balaban J connectivity index is 2.97. The van der Waals surface area contributed by atoms with Crippen LogP contribution in [0.25, 0.3) is 0 Å². The topological polar surface area (TPSA) is 3.24 Å². The molecular weight excluding hydrogens is 129 g/mol. The van der Waals surface area contributed by atoms with Crippen LogP contribution in [-0.4, -0.2) is 18.2 Å². The molecule has 0 aromatic heterocycles. The van der Waals surface area contributed by atoms with Gasteiger partial charge in [0.2, 0.25) is 0 Å². The Morgan fingerprint density at radius 1 is 1.00 bits per heavy atom. The summed E-state index contributed by atoms with van der Waals surface area (Å²) in [7, 11) is 0. The van der Waals surface area contributed by atoms with E-state index in [1.54, 1.807) is 0 Å². The minimum Gasteiger partial charge on any atom is -0.146 e. The maximum Gasteiger partial charge on any atom is 0.0290 e. The van der Waals surface area contributed by atoms with Gasteiger partial charge in [0.25, 0.3) is 0 Å². The van der Waals surface area contributed by atoms with Gasteiger partial charge in [0.15, 0.2) is 0 Å². The van der Waals surface area contributed by atoms with Crippen molar-refractivity contribution in [2.45, 2.75) is 39.5 Å². The molecule has 0 rings (SSSR count). The molecule has 0 heterocycles. The van der Waals surface area contributed by atoms with Gasteiger partial charge in [-0.1, -0.05) is 26.7 Å². The third kappa shape index (κ3) is 6.02.